The molecular weight excluding hydrogens is 312 g/mol. The topological polar surface area (TPSA) is 70.6 Å². The van der Waals surface area contributed by atoms with Gasteiger partial charge in [0.1, 0.15) is 5.75 Å². The molecule has 0 heterocycles. The molecule has 0 aromatic heterocycles. The van der Waals surface area contributed by atoms with Gasteiger partial charge in [0.05, 0.1) is 12.8 Å². The summed E-state index contributed by atoms with van der Waals surface area (Å²) in [7, 11) is 1.56. The van der Waals surface area contributed by atoms with E-state index >= 15 is 0 Å². The number of methoxy groups -OCH3 is 1. The average Bonchev–Trinajstić information content (AvgIpc) is 2.54. The smallest absolute Gasteiger partial charge is 0.328 e. The number of carboxylic acid groups (broad SMARTS) is 1. The number of para-hydroxylation sites is 1. The molecule has 0 spiro atoms. The maximum Gasteiger partial charge on any atom is 0.328 e. The number of hydrogen-bond acceptors (Lipinski definition) is 3. The fourth-order valence-electron chi connectivity index (χ4n) is 1.90. The number of hydrogen-bond donors (Lipinski definition) is 3. The van der Waals surface area contributed by atoms with Crippen LogP contribution in [-0.4, -0.2) is 23.3 Å². The average molecular weight is 328 g/mol. The van der Waals surface area contributed by atoms with E-state index in [0.29, 0.717) is 16.5 Å². The maximum absolute atomic E-state index is 10.6. The van der Waals surface area contributed by atoms with Gasteiger partial charge in [-0.3, -0.25) is 0 Å². The second-order valence-corrected chi connectivity index (χ2v) is 4.98. The van der Waals surface area contributed by atoms with E-state index in [-0.39, 0.29) is 0 Å². The predicted molar refractivity (Wildman–Crippen MR) is 95.9 cm³/mol. The monoisotopic (exact) mass is 328 g/mol. The van der Waals surface area contributed by atoms with Crippen molar-refractivity contribution < 1.29 is 14.6 Å². The van der Waals surface area contributed by atoms with Crippen molar-refractivity contribution in [3.8, 4) is 5.75 Å². The molecular formula is C17H16N2O3S. The molecule has 2 aromatic rings. The van der Waals surface area contributed by atoms with E-state index in [1.807, 2.05) is 30.3 Å². The number of carboxylic acids is 1. The molecule has 2 aromatic carbocycles. The minimum Gasteiger partial charge on any atom is -0.495 e. The molecule has 23 heavy (non-hydrogen) atoms. The van der Waals surface area contributed by atoms with Crippen LogP contribution in [0, 0.1) is 0 Å². The summed E-state index contributed by atoms with van der Waals surface area (Å²) in [5, 5.41) is 15.2. The zero-order chi connectivity index (χ0) is 16.7. The Labute approximate surface area is 139 Å². The van der Waals surface area contributed by atoms with Crippen molar-refractivity contribution in [1.29, 1.82) is 0 Å². The normalized spacial score (nSPS) is 10.3. The largest absolute Gasteiger partial charge is 0.495 e. The number of benzene rings is 2. The number of ether oxygens (including phenoxy) is 1. The van der Waals surface area contributed by atoms with Crippen LogP contribution < -0.4 is 15.4 Å². The third-order valence-electron chi connectivity index (χ3n) is 2.92. The predicted octanol–water partition coefficient (Wildman–Crippen LogP) is 3.60. The van der Waals surface area contributed by atoms with E-state index in [1.54, 1.807) is 25.3 Å². The Hall–Kier alpha value is -2.86. The van der Waals surface area contributed by atoms with E-state index < -0.39 is 5.97 Å². The van der Waals surface area contributed by atoms with Crippen LogP contribution in [0.25, 0.3) is 6.08 Å². The third-order valence-corrected chi connectivity index (χ3v) is 3.13. The molecule has 6 heteroatoms. The minimum atomic E-state index is -1.00. The lowest BCUT2D eigenvalue weighted by molar-refractivity contribution is -0.131. The Kier molecular flexibility index (Phi) is 5.71. The molecule has 0 atom stereocenters. The van der Waals surface area contributed by atoms with Crippen LogP contribution in [0.4, 0.5) is 11.4 Å². The molecule has 0 aliphatic rings. The molecule has 3 N–H and O–H groups in total. The Morgan fingerprint density at radius 3 is 2.57 bits per heavy atom. The highest BCUT2D eigenvalue weighted by Gasteiger charge is 2.06. The van der Waals surface area contributed by atoms with Crippen molar-refractivity contribution in [2.24, 2.45) is 0 Å². The summed E-state index contributed by atoms with van der Waals surface area (Å²) in [5.74, 6) is -0.397. The molecule has 0 unspecified atom stereocenters. The minimum absolute atomic E-state index is 0.411. The Morgan fingerprint density at radius 1 is 1.17 bits per heavy atom. The maximum atomic E-state index is 10.6. The lowest BCUT2D eigenvalue weighted by Gasteiger charge is -2.14. The quantitative estimate of drug-likeness (QED) is 0.575. The lowest BCUT2D eigenvalue weighted by atomic mass is 10.1. The zero-order valence-corrected chi connectivity index (χ0v) is 13.3. The molecule has 0 amide bonds. The fourth-order valence-corrected chi connectivity index (χ4v) is 2.13. The highest BCUT2D eigenvalue weighted by Crippen LogP contribution is 2.26. The lowest BCUT2D eigenvalue weighted by Crippen LogP contribution is -2.19. The first-order chi connectivity index (χ1) is 11.1. The van der Waals surface area contributed by atoms with Gasteiger partial charge in [-0.05, 0) is 48.1 Å². The van der Waals surface area contributed by atoms with E-state index in [0.717, 1.165) is 17.3 Å². The number of thiocarbonyl (C=S) groups is 1. The zero-order valence-electron chi connectivity index (χ0n) is 12.4. The van der Waals surface area contributed by atoms with E-state index in [2.05, 4.69) is 10.6 Å². The van der Waals surface area contributed by atoms with Crippen molar-refractivity contribution in [3.63, 3.8) is 0 Å². The van der Waals surface area contributed by atoms with Gasteiger partial charge in [0.15, 0.2) is 5.11 Å². The SMILES string of the molecule is COc1ccc(/C=C/C(=O)O)cc1NC(=S)Nc1ccccc1. The number of nitrogens with one attached hydrogen (secondary N) is 2. The van der Waals surface area contributed by atoms with Crippen LogP contribution in [0.15, 0.2) is 54.6 Å². The summed E-state index contributed by atoms with van der Waals surface area (Å²) in [6.07, 6.45) is 2.58. The first-order valence-corrected chi connectivity index (χ1v) is 7.21. The summed E-state index contributed by atoms with van der Waals surface area (Å²) in [5.41, 5.74) is 2.23. The van der Waals surface area contributed by atoms with Crippen LogP contribution >= 0.6 is 12.2 Å². The summed E-state index contributed by atoms with van der Waals surface area (Å²) in [6, 6.07) is 14.8. The Bertz CT molecular complexity index is 730. The molecule has 0 fully saturated rings. The molecule has 5 nitrogen and oxygen atoms in total. The second-order valence-electron chi connectivity index (χ2n) is 4.58. The van der Waals surface area contributed by atoms with Crippen molar-refractivity contribution >= 4 is 40.8 Å². The van der Waals surface area contributed by atoms with Gasteiger partial charge in [0.2, 0.25) is 0 Å². The fraction of sp³-hybridized carbons (Fsp3) is 0.0588. The molecule has 2 rings (SSSR count). The van der Waals surface area contributed by atoms with E-state index in [4.69, 9.17) is 22.1 Å². The summed E-state index contributed by atoms with van der Waals surface area (Å²) >= 11 is 5.29. The number of carbonyl (C=O) groups is 1. The molecule has 118 valence electrons. The molecule has 0 aliphatic carbocycles. The van der Waals surface area contributed by atoms with Crippen LogP contribution in [0.3, 0.4) is 0 Å². The van der Waals surface area contributed by atoms with Crippen molar-refractivity contribution in [3.05, 3.63) is 60.2 Å². The molecule has 0 aliphatic heterocycles. The van der Waals surface area contributed by atoms with Crippen LogP contribution in [0.2, 0.25) is 0 Å². The van der Waals surface area contributed by atoms with Crippen LogP contribution in [0.1, 0.15) is 5.56 Å². The van der Waals surface area contributed by atoms with E-state index in [9.17, 15) is 4.79 Å². The number of anilines is 2. The van der Waals surface area contributed by atoms with Gasteiger partial charge in [0, 0.05) is 11.8 Å². The first kappa shape index (κ1) is 16.5. The second kappa shape index (κ2) is 7.95. The van der Waals surface area contributed by atoms with Gasteiger partial charge < -0.3 is 20.5 Å². The number of rotatable bonds is 5. The third kappa shape index (κ3) is 5.12. The Balaban J connectivity index is 2.15. The van der Waals surface area contributed by atoms with E-state index in [1.165, 1.54) is 6.08 Å². The Morgan fingerprint density at radius 2 is 1.91 bits per heavy atom. The number of aliphatic carboxylic acids is 1. The van der Waals surface area contributed by atoms with Gasteiger partial charge in [-0.2, -0.15) is 0 Å². The van der Waals surface area contributed by atoms with Crippen LogP contribution in [0.5, 0.6) is 5.75 Å². The summed E-state index contributed by atoms with van der Waals surface area (Å²) in [6.45, 7) is 0. The summed E-state index contributed by atoms with van der Waals surface area (Å²) in [4.78, 5) is 10.6. The highest BCUT2D eigenvalue weighted by atomic mass is 32.1. The molecule has 0 saturated heterocycles. The summed E-state index contributed by atoms with van der Waals surface area (Å²) < 4.78 is 5.29. The van der Waals surface area contributed by atoms with Gasteiger partial charge >= 0.3 is 5.97 Å². The van der Waals surface area contributed by atoms with Gasteiger partial charge in [-0.25, -0.2) is 4.79 Å². The van der Waals surface area contributed by atoms with Crippen LogP contribution in [-0.2, 0) is 4.79 Å². The van der Waals surface area contributed by atoms with Crippen molar-refractivity contribution in [2.45, 2.75) is 0 Å². The molecule has 0 radical (unpaired) electrons. The first-order valence-electron chi connectivity index (χ1n) is 6.80. The standard InChI is InChI=1S/C17H16N2O3S/c1-22-15-9-7-12(8-10-16(20)21)11-14(15)19-17(23)18-13-5-3-2-4-6-13/h2-11H,1H3,(H,20,21)(H2,18,19,23)/b10-8+. The molecule has 0 bridgehead atoms. The van der Waals surface area contributed by atoms with Crippen molar-refractivity contribution in [1.82, 2.24) is 0 Å². The van der Waals surface area contributed by atoms with Gasteiger partial charge in [-0.15, -0.1) is 0 Å². The van der Waals surface area contributed by atoms with Gasteiger partial charge in [-0.1, -0.05) is 24.3 Å². The molecule has 0 saturated carbocycles. The van der Waals surface area contributed by atoms with Crippen molar-refractivity contribution in [2.75, 3.05) is 17.7 Å². The van der Waals surface area contributed by atoms with Gasteiger partial charge in [0.25, 0.3) is 0 Å². The highest BCUT2D eigenvalue weighted by molar-refractivity contribution is 7.80.